The molecule has 18 heavy (non-hydrogen) atoms. The molecule has 0 aromatic heterocycles. The van der Waals surface area contributed by atoms with Gasteiger partial charge in [0.15, 0.2) is 0 Å². The molecule has 0 spiro atoms. The molecule has 0 saturated heterocycles. The highest BCUT2D eigenvalue weighted by molar-refractivity contribution is 5.35. The summed E-state index contributed by atoms with van der Waals surface area (Å²) < 4.78 is 0. The van der Waals surface area contributed by atoms with E-state index in [9.17, 15) is 0 Å². The molecule has 1 saturated carbocycles. The zero-order chi connectivity index (χ0) is 12.4. The lowest BCUT2D eigenvalue weighted by atomic mass is 9.94. The van der Waals surface area contributed by atoms with Gasteiger partial charge in [-0.05, 0) is 41.9 Å². The Morgan fingerprint density at radius 3 is 2.33 bits per heavy atom. The molecule has 0 heterocycles. The van der Waals surface area contributed by atoms with E-state index in [2.05, 4.69) is 48.5 Å². The molecule has 1 heteroatoms. The summed E-state index contributed by atoms with van der Waals surface area (Å²) >= 11 is 0. The summed E-state index contributed by atoms with van der Waals surface area (Å²) in [5, 5.41) is 0. The summed E-state index contributed by atoms with van der Waals surface area (Å²) in [7, 11) is 0. The van der Waals surface area contributed by atoms with Crippen molar-refractivity contribution in [3.63, 3.8) is 0 Å². The van der Waals surface area contributed by atoms with Gasteiger partial charge < -0.3 is 5.73 Å². The van der Waals surface area contributed by atoms with Crippen molar-refractivity contribution in [1.82, 2.24) is 0 Å². The fourth-order valence-corrected chi connectivity index (χ4v) is 2.57. The van der Waals surface area contributed by atoms with Crippen LogP contribution >= 0.6 is 0 Å². The molecule has 2 N–H and O–H groups in total. The molecule has 0 amide bonds. The Balaban J connectivity index is 1.80. The van der Waals surface area contributed by atoms with Crippen LogP contribution in [0.25, 0.3) is 0 Å². The van der Waals surface area contributed by atoms with E-state index in [1.807, 2.05) is 6.07 Å². The third-order valence-electron chi connectivity index (χ3n) is 3.74. The normalized spacial score (nSPS) is 16.5. The molecule has 1 nitrogen and oxygen atoms in total. The Labute approximate surface area is 109 Å². The van der Waals surface area contributed by atoms with E-state index in [1.54, 1.807) is 0 Å². The third-order valence-corrected chi connectivity index (χ3v) is 3.74. The van der Waals surface area contributed by atoms with Crippen molar-refractivity contribution < 1.29 is 0 Å². The summed E-state index contributed by atoms with van der Waals surface area (Å²) in [6, 6.07) is 19.3. The van der Waals surface area contributed by atoms with E-state index < -0.39 is 0 Å². The van der Waals surface area contributed by atoms with Crippen LogP contribution in [0.5, 0.6) is 0 Å². The quantitative estimate of drug-likeness (QED) is 0.859. The number of nitrogens with two attached hydrogens (primary N) is 1. The molecule has 1 fully saturated rings. The van der Waals surface area contributed by atoms with Gasteiger partial charge in [-0.15, -0.1) is 0 Å². The van der Waals surface area contributed by atoms with Crippen molar-refractivity contribution in [2.24, 2.45) is 5.73 Å². The van der Waals surface area contributed by atoms with Crippen LogP contribution in [0.15, 0.2) is 54.6 Å². The second kappa shape index (κ2) is 4.95. The lowest BCUT2D eigenvalue weighted by molar-refractivity contribution is 0.715. The number of hydrogen-bond donors (Lipinski definition) is 1. The lowest BCUT2D eigenvalue weighted by Gasteiger charge is -2.15. The van der Waals surface area contributed by atoms with Crippen LogP contribution < -0.4 is 5.73 Å². The van der Waals surface area contributed by atoms with Crippen molar-refractivity contribution in [2.75, 3.05) is 0 Å². The van der Waals surface area contributed by atoms with E-state index >= 15 is 0 Å². The Morgan fingerprint density at radius 2 is 1.61 bits per heavy atom. The molecule has 1 unspecified atom stereocenters. The van der Waals surface area contributed by atoms with Crippen molar-refractivity contribution >= 4 is 0 Å². The predicted octanol–water partition coefficient (Wildman–Crippen LogP) is 3.81. The summed E-state index contributed by atoms with van der Waals surface area (Å²) in [5.74, 6) is 0.796. The maximum absolute atomic E-state index is 6.32. The topological polar surface area (TPSA) is 26.0 Å². The van der Waals surface area contributed by atoms with Gasteiger partial charge in [0.1, 0.15) is 0 Å². The van der Waals surface area contributed by atoms with Gasteiger partial charge in [0.05, 0.1) is 0 Å². The van der Waals surface area contributed by atoms with Crippen LogP contribution in [0.2, 0.25) is 0 Å². The maximum Gasteiger partial charge on any atom is 0.0335 e. The van der Waals surface area contributed by atoms with E-state index in [1.165, 1.54) is 29.5 Å². The summed E-state index contributed by atoms with van der Waals surface area (Å²) in [4.78, 5) is 0. The SMILES string of the molecule is NC(Cc1ccccc1C1CC1)c1ccccc1. The lowest BCUT2D eigenvalue weighted by Crippen LogP contribution is -2.14. The second-order valence-corrected chi connectivity index (χ2v) is 5.19. The zero-order valence-corrected chi connectivity index (χ0v) is 10.5. The van der Waals surface area contributed by atoms with Gasteiger partial charge in [-0.2, -0.15) is 0 Å². The monoisotopic (exact) mass is 237 g/mol. The van der Waals surface area contributed by atoms with Crippen LogP contribution in [0, 0.1) is 0 Å². The largest absolute Gasteiger partial charge is 0.324 e. The summed E-state index contributed by atoms with van der Waals surface area (Å²) in [6.45, 7) is 0. The number of hydrogen-bond acceptors (Lipinski definition) is 1. The van der Waals surface area contributed by atoms with Gasteiger partial charge in [-0.1, -0.05) is 54.6 Å². The van der Waals surface area contributed by atoms with Crippen LogP contribution in [0.3, 0.4) is 0 Å². The molecular formula is C17H19N. The van der Waals surface area contributed by atoms with Gasteiger partial charge in [0, 0.05) is 6.04 Å². The van der Waals surface area contributed by atoms with Gasteiger partial charge in [0.25, 0.3) is 0 Å². The molecule has 1 atom stereocenters. The fraction of sp³-hybridized carbons (Fsp3) is 0.294. The van der Waals surface area contributed by atoms with Crippen LogP contribution in [-0.2, 0) is 6.42 Å². The Morgan fingerprint density at radius 1 is 0.944 bits per heavy atom. The van der Waals surface area contributed by atoms with Crippen LogP contribution in [0.4, 0.5) is 0 Å². The first-order valence-electron chi connectivity index (χ1n) is 6.73. The average Bonchev–Trinajstić information content (AvgIpc) is 3.25. The van der Waals surface area contributed by atoms with E-state index in [-0.39, 0.29) is 6.04 Å². The first-order valence-corrected chi connectivity index (χ1v) is 6.73. The zero-order valence-electron chi connectivity index (χ0n) is 10.5. The van der Waals surface area contributed by atoms with Crippen molar-refractivity contribution in [3.05, 3.63) is 71.3 Å². The Hall–Kier alpha value is -1.60. The van der Waals surface area contributed by atoms with Gasteiger partial charge in [-0.3, -0.25) is 0 Å². The first-order chi connectivity index (χ1) is 8.84. The highest BCUT2D eigenvalue weighted by atomic mass is 14.6. The third kappa shape index (κ3) is 2.46. The molecule has 92 valence electrons. The number of benzene rings is 2. The summed E-state index contributed by atoms with van der Waals surface area (Å²) in [5.41, 5.74) is 10.5. The molecule has 2 aromatic rings. The Kier molecular flexibility index (Phi) is 3.16. The van der Waals surface area contributed by atoms with Gasteiger partial charge >= 0.3 is 0 Å². The molecule has 1 aliphatic carbocycles. The molecule has 0 bridgehead atoms. The first kappa shape index (κ1) is 11.5. The minimum atomic E-state index is 0.103. The fourth-order valence-electron chi connectivity index (χ4n) is 2.57. The summed E-state index contributed by atoms with van der Waals surface area (Å²) in [6.07, 6.45) is 3.63. The predicted molar refractivity (Wildman–Crippen MR) is 75.5 cm³/mol. The Bertz CT molecular complexity index is 514. The van der Waals surface area contributed by atoms with Crippen molar-refractivity contribution in [1.29, 1.82) is 0 Å². The van der Waals surface area contributed by atoms with Crippen molar-refractivity contribution in [2.45, 2.75) is 31.2 Å². The molecule has 3 rings (SSSR count). The second-order valence-electron chi connectivity index (χ2n) is 5.19. The highest BCUT2D eigenvalue weighted by Gasteiger charge is 2.25. The van der Waals surface area contributed by atoms with E-state index in [0.29, 0.717) is 0 Å². The smallest absolute Gasteiger partial charge is 0.0335 e. The van der Waals surface area contributed by atoms with Crippen molar-refractivity contribution in [3.8, 4) is 0 Å². The van der Waals surface area contributed by atoms with Crippen LogP contribution in [-0.4, -0.2) is 0 Å². The minimum Gasteiger partial charge on any atom is -0.324 e. The highest BCUT2D eigenvalue weighted by Crippen LogP contribution is 2.42. The van der Waals surface area contributed by atoms with E-state index in [4.69, 9.17) is 5.73 Å². The number of rotatable bonds is 4. The van der Waals surface area contributed by atoms with Gasteiger partial charge in [-0.25, -0.2) is 0 Å². The molecule has 0 aliphatic heterocycles. The molecule has 1 aliphatic rings. The average molecular weight is 237 g/mol. The van der Waals surface area contributed by atoms with Gasteiger partial charge in [0.2, 0.25) is 0 Å². The van der Waals surface area contributed by atoms with E-state index in [0.717, 1.165) is 12.3 Å². The molecular weight excluding hydrogens is 218 g/mol. The maximum atomic E-state index is 6.32. The molecule has 2 aromatic carbocycles. The standard InChI is InChI=1S/C17H19N/c18-17(14-6-2-1-3-7-14)12-15-8-4-5-9-16(15)13-10-11-13/h1-9,13,17H,10-12,18H2. The van der Waals surface area contributed by atoms with Crippen LogP contribution in [0.1, 0.15) is 41.5 Å². The molecule has 0 radical (unpaired) electrons. The minimum absolute atomic E-state index is 0.103.